The van der Waals surface area contributed by atoms with Crippen molar-refractivity contribution >= 4 is 11.9 Å². The quantitative estimate of drug-likeness (QED) is 0.776. The molecule has 5 heteroatoms. The molecule has 0 amide bonds. The van der Waals surface area contributed by atoms with E-state index in [1.54, 1.807) is 0 Å². The minimum absolute atomic E-state index is 0.0846. The van der Waals surface area contributed by atoms with Crippen LogP contribution in [-0.4, -0.2) is 34.6 Å². The van der Waals surface area contributed by atoms with Gasteiger partial charge in [0, 0.05) is 24.5 Å². The summed E-state index contributed by atoms with van der Waals surface area (Å²) in [6.07, 6.45) is 0.797. The number of ether oxygens (including phenoxy) is 1. The Morgan fingerprint density at radius 3 is 2.45 bits per heavy atom. The first-order valence-electron chi connectivity index (χ1n) is 7.05. The molecule has 1 atom stereocenters. The first kappa shape index (κ1) is 14.8. The maximum Gasteiger partial charge on any atom is 0.311 e. The Morgan fingerprint density at radius 2 is 1.90 bits per heavy atom. The standard InChI is InChI=1S/C15H23N3O2/c1-10-8-11(2)17-14(16-10)18-7-6-12(9-18)13(19)20-15(3,4)5/h8,12H,6-7,9H2,1-5H3/t12-/m1/s1. The minimum Gasteiger partial charge on any atom is -0.460 e. The highest BCUT2D eigenvalue weighted by Crippen LogP contribution is 2.24. The first-order valence-corrected chi connectivity index (χ1v) is 7.05. The van der Waals surface area contributed by atoms with E-state index in [2.05, 4.69) is 14.9 Å². The van der Waals surface area contributed by atoms with Crippen molar-refractivity contribution in [1.29, 1.82) is 0 Å². The molecular formula is C15H23N3O2. The van der Waals surface area contributed by atoms with E-state index in [9.17, 15) is 4.79 Å². The number of hydrogen-bond acceptors (Lipinski definition) is 5. The fourth-order valence-corrected chi connectivity index (χ4v) is 2.37. The van der Waals surface area contributed by atoms with Gasteiger partial charge in [-0.25, -0.2) is 9.97 Å². The number of esters is 1. The van der Waals surface area contributed by atoms with E-state index in [-0.39, 0.29) is 11.9 Å². The smallest absolute Gasteiger partial charge is 0.311 e. The molecule has 0 aromatic carbocycles. The zero-order valence-electron chi connectivity index (χ0n) is 12.9. The summed E-state index contributed by atoms with van der Waals surface area (Å²) in [5.74, 6) is 0.511. The summed E-state index contributed by atoms with van der Waals surface area (Å²) < 4.78 is 5.45. The minimum atomic E-state index is -0.430. The van der Waals surface area contributed by atoms with Gasteiger partial charge in [0.1, 0.15) is 5.60 Å². The van der Waals surface area contributed by atoms with Crippen molar-refractivity contribution in [2.45, 2.75) is 46.6 Å². The fourth-order valence-electron chi connectivity index (χ4n) is 2.37. The molecule has 20 heavy (non-hydrogen) atoms. The SMILES string of the molecule is Cc1cc(C)nc(N2CC[C@@H](C(=O)OC(C)(C)C)C2)n1. The second-order valence-electron chi connectivity index (χ2n) is 6.42. The van der Waals surface area contributed by atoms with Crippen LogP contribution >= 0.6 is 0 Å². The van der Waals surface area contributed by atoms with Crippen LogP contribution < -0.4 is 4.90 Å². The molecule has 1 aromatic rings. The number of nitrogens with zero attached hydrogens (tertiary/aromatic N) is 3. The molecule has 0 radical (unpaired) electrons. The van der Waals surface area contributed by atoms with Crippen LogP contribution in [0.25, 0.3) is 0 Å². The molecule has 0 aliphatic carbocycles. The number of rotatable bonds is 2. The van der Waals surface area contributed by atoms with Crippen molar-refractivity contribution in [3.05, 3.63) is 17.5 Å². The first-order chi connectivity index (χ1) is 9.24. The number of carbonyl (C=O) groups is 1. The number of carbonyl (C=O) groups excluding carboxylic acids is 1. The van der Waals surface area contributed by atoms with Crippen LogP contribution in [0.3, 0.4) is 0 Å². The number of anilines is 1. The molecule has 1 saturated heterocycles. The monoisotopic (exact) mass is 277 g/mol. The fraction of sp³-hybridized carbons (Fsp3) is 0.667. The number of hydrogen-bond donors (Lipinski definition) is 0. The zero-order valence-corrected chi connectivity index (χ0v) is 12.9. The third kappa shape index (κ3) is 3.68. The number of aryl methyl sites for hydroxylation is 2. The van der Waals surface area contributed by atoms with Crippen LogP contribution in [0.4, 0.5) is 5.95 Å². The van der Waals surface area contributed by atoms with Gasteiger partial charge < -0.3 is 9.64 Å². The predicted molar refractivity (Wildman–Crippen MR) is 77.7 cm³/mol. The van der Waals surface area contributed by atoms with Gasteiger partial charge >= 0.3 is 5.97 Å². The maximum absolute atomic E-state index is 12.1. The Balaban J connectivity index is 2.03. The molecule has 0 saturated carbocycles. The summed E-state index contributed by atoms with van der Waals surface area (Å²) in [6.45, 7) is 11.0. The van der Waals surface area contributed by atoms with Gasteiger partial charge in [-0.1, -0.05) is 0 Å². The molecule has 2 rings (SSSR count). The molecule has 2 heterocycles. The van der Waals surface area contributed by atoms with Gasteiger partial charge in [-0.15, -0.1) is 0 Å². The average molecular weight is 277 g/mol. The van der Waals surface area contributed by atoms with Crippen molar-refractivity contribution in [2.24, 2.45) is 5.92 Å². The lowest BCUT2D eigenvalue weighted by Crippen LogP contribution is -2.31. The highest BCUT2D eigenvalue weighted by atomic mass is 16.6. The Kier molecular flexibility index (Phi) is 3.97. The zero-order chi connectivity index (χ0) is 14.9. The number of aromatic nitrogens is 2. The average Bonchev–Trinajstić information content (AvgIpc) is 2.74. The van der Waals surface area contributed by atoms with Gasteiger partial charge in [0.05, 0.1) is 5.92 Å². The molecule has 0 bridgehead atoms. The highest BCUT2D eigenvalue weighted by molar-refractivity contribution is 5.74. The van der Waals surface area contributed by atoms with Gasteiger partial charge in [-0.3, -0.25) is 4.79 Å². The highest BCUT2D eigenvalue weighted by Gasteiger charge is 2.33. The normalized spacial score (nSPS) is 19.2. The molecule has 0 unspecified atom stereocenters. The Bertz CT molecular complexity index is 488. The molecule has 1 aliphatic heterocycles. The molecular weight excluding hydrogens is 254 g/mol. The second kappa shape index (κ2) is 5.38. The molecule has 5 nitrogen and oxygen atoms in total. The summed E-state index contributed by atoms with van der Waals surface area (Å²) in [5, 5.41) is 0. The van der Waals surface area contributed by atoms with Gasteiger partial charge in [0.2, 0.25) is 5.95 Å². The van der Waals surface area contributed by atoms with Crippen LogP contribution in [0, 0.1) is 19.8 Å². The molecule has 110 valence electrons. The molecule has 1 aromatic heterocycles. The molecule has 1 fully saturated rings. The summed E-state index contributed by atoms with van der Waals surface area (Å²) in [6, 6.07) is 1.95. The van der Waals surface area contributed by atoms with E-state index in [4.69, 9.17) is 4.74 Å². The van der Waals surface area contributed by atoms with Crippen LogP contribution in [-0.2, 0) is 9.53 Å². The largest absolute Gasteiger partial charge is 0.460 e. The summed E-state index contributed by atoms with van der Waals surface area (Å²) in [5.41, 5.74) is 1.47. The third-order valence-electron chi connectivity index (χ3n) is 3.18. The lowest BCUT2D eigenvalue weighted by Gasteiger charge is -2.22. The van der Waals surface area contributed by atoms with Crippen molar-refractivity contribution < 1.29 is 9.53 Å². The lowest BCUT2D eigenvalue weighted by atomic mass is 10.1. The molecule has 0 spiro atoms. The van der Waals surface area contributed by atoms with E-state index < -0.39 is 5.60 Å². The van der Waals surface area contributed by atoms with Gasteiger partial charge in [0.25, 0.3) is 0 Å². The van der Waals surface area contributed by atoms with Gasteiger partial charge in [-0.2, -0.15) is 0 Å². The lowest BCUT2D eigenvalue weighted by molar-refractivity contribution is -0.159. The van der Waals surface area contributed by atoms with Crippen LogP contribution in [0.5, 0.6) is 0 Å². The molecule has 0 N–H and O–H groups in total. The summed E-state index contributed by atoms with van der Waals surface area (Å²) in [4.78, 5) is 23.0. The van der Waals surface area contributed by atoms with Gasteiger partial charge in [-0.05, 0) is 47.1 Å². The Morgan fingerprint density at radius 1 is 1.30 bits per heavy atom. The van der Waals surface area contributed by atoms with Crippen molar-refractivity contribution in [2.75, 3.05) is 18.0 Å². The topological polar surface area (TPSA) is 55.3 Å². The van der Waals surface area contributed by atoms with Crippen LogP contribution in [0.1, 0.15) is 38.6 Å². The van der Waals surface area contributed by atoms with E-state index in [1.165, 1.54) is 0 Å². The van der Waals surface area contributed by atoms with E-state index in [0.29, 0.717) is 12.5 Å². The van der Waals surface area contributed by atoms with E-state index >= 15 is 0 Å². The predicted octanol–water partition coefficient (Wildman–Crippen LogP) is 2.26. The Labute approximate surface area is 120 Å². The van der Waals surface area contributed by atoms with Crippen LogP contribution in [0.15, 0.2) is 6.07 Å². The second-order valence-corrected chi connectivity index (χ2v) is 6.42. The summed E-state index contributed by atoms with van der Waals surface area (Å²) in [7, 11) is 0. The van der Waals surface area contributed by atoms with Crippen molar-refractivity contribution in [3.8, 4) is 0 Å². The van der Waals surface area contributed by atoms with Crippen molar-refractivity contribution in [3.63, 3.8) is 0 Å². The third-order valence-corrected chi connectivity index (χ3v) is 3.18. The van der Waals surface area contributed by atoms with Gasteiger partial charge in [0.15, 0.2) is 0 Å². The Hall–Kier alpha value is -1.65. The summed E-state index contributed by atoms with van der Waals surface area (Å²) >= 11 is 0. The maximum atomic E-state index is 12.1. The van der Waals surface area contributed by atoms with Crippen LogP contribution in [0.2, 0.25) is 0 Å². The van der Waals surface area contributed by atoms with Crippen molar-refractivity contribution in [1.82, 2.24) is 9.97 Å². The van der Waals surface area contributed by atoms with E-state index in [1.807, 2.05) is 40.7 Å². The van der Waals surface area contributed by atoms with E-state index in [0.717, 1.165) is 24.4 Å². The molecule has 1 aliphatic rings.